The van der Waals surface area contributed by atoms with Crippen molar-refractivity contribution in [1.29, 1.82) is 0 Å². The molecule has 0 aromatic heterocycles. The molecule has 0 radical (unpaired) electrons. The third kappa shape index (κ3) is 3.27. The summed E-state index contributed by atoms with van der Waals surface area (Å²) in [5.74, 6) is -1.04. The Bertz CT molecular complexity index is 414. The van der Waals surface area contributed by atoms with E-state index in [1.807, 2.05) is 6.92 Å². The van der Waals surface area contributed by atoms with Crippen molar-refractivity contribution < 1.29 is 14.3 Å². The molecule has 1 atom stereocenters. The Balaban J connectivity index is 2.90. The van der Waals surface area contributed by atoms with E-state index in [2.05, 4.69) is 5.32 Å². The van der Waals surface area contributed by atoms with Gasteiger partial charge >= 0.3 is 0 Å². The molecule has 0 aliphatic carbocycles. The molecule has 0 fully saturated rings. The van der Waals surface area contributed by atoms with E-state index >= 15 is 0 Å². The quantitative estimate of drug-likeness (QED) is 0.844. The van der Waals surface area contributed by atoms with Gasteiger partial charge in [0, 0.05) is 0 Å². The van der Waals surface area contributed by atoms with E-state index in [-0.39, 0.29) is 12.2 Å². The molecule has 0 heterocycles. The van der Waals surface area contributed by atoms with Crippen molar-refractivity contribution in [1.82, 2.24) is 5.32 Å². The minimum Gasteiger partial charge on any atom is -0.394 e. The van der Waals surface area contributed by atoms with E-state index in [0.29, 0.717) is 6.42 Å². The van der Waals surface area contributed by atoms with Crippen LogP contribution in [-0.4, -0.2) is 23.2 Å². The number of carbonyl (C=O) groups excluding carboxylic acids is 1. The van der Waals surface area contributed by atoms with Crippen LogP contribution < -0.4 is 5.32 Å². The number of hydrogen-bond donors (Lipinski definition) is 2. The van der Waals surface area contributed by atoms with Gasteiger partial charge in [-0.3, -0.25) is 4.79 Å². The molecule has 4 heteroatoms. The number of amides is 1. The number of aryl methyl sites for hydroxylation is 1. The summed E-state index contributed by atoms with van der Waals surface area (Å²) in [4.78, 5) is 11.8. The van der Waals surface area contributed by atoms with Crippen LogP contribution in [0.15, 0.2) is 18.2 Å². The molecule has 0 aliphatic rings. The van der Waals surface area contributed by atoms with E-state index in [4.69, 9.17) is 0 Å². The topological polar surface area (TPSA) is 49.3 Å². The maximum atomic E-state index is 13.6. The first-order valence-electron chi connectivity index (χ1n) is 5.61. The second kappa shape index (κ2) is 5.27. The number of carbonyl (C=O) groups is 1. The summed E-state index contributed by atoms with van der Waals surface area (Å²) < 4.78 is 13.6. The lowest BCUT2D eigenvalue weighted by atomic mass is 9.99. The molecule has 0 spiro atoms. The van der Waals surface area contributed by atoms with Gasteiger partial charge in [-0.25, -0.2) is 4.39 Å². The number of nitrogens with one attached hydrogen (secondary N) is 1. The van der Waals surface area contributed by atoms with Gasteiger partial charge in [0.1, 0.15) is 5.82 Å². The first-order chi connectivity index (χ1) is 7.91. The molecule has 3 nitrogen and oxygen atoms in total. The van der Waals surface area contributed by atoms with Gasteiger partial charge in [0.25, 0.3) is 5.91 Å². The van der Waals surface area contributed by atoms with Crippen LogP contribution in [0.3, 0.4) is 0 Å². The number of benzene rings is 1. The largest absolute Gasteiger partial charge is 0.394 e. The Morgan fingerprint density at radius 3 is 2.65 bits per heavy atom. The summed E-state index contributed by atoms with van der Waals surface area (Å²) in [6.07, 6.45) is 0.572. The Morgan fingerprint density at radius 1 is 1.53 bits per heavy atom. The van der Waals surface area contributed by atoms with Crippen molar-refractivity contribution in [3.05, 3.63) is 35.1 Å². The van der Waals surface area contributed by atoms with Crippen LogP contribution in [0.2, 0.25) is 0 Å². The van der Waals surface area contributed by atoms with Crippen LogP contribution >= 0.6 is 0 Å². The fourth-order valence-electron chi connectivity index (χ4n) is 1.39. The second-order valence-corrected chi connectivity index (χ2v) is 4.51. The standard InChI is InChI=1S/C13H18FNO2/c1-4-13(3,8-16)15-12(17)10-6-5-9(2)7-11(10)14/h5-7,16H,4,8H2,1-3H3,(H,15,17). The highest BCUT2D eigenvalue weighted by atomic mass is 19.1. The zero-order valence-corrected chi connectivity index (χ0v) is 10.4. The van der Waals surface area contributed by atoms with E-state index in [0.717, 1.165) is 5.56 Å². The molecule has 1 rings (SSSR count). The molecule has 1 aromatic rings. The van der Waals surface area contributed by atoms with Crippen LogP contribution in [0, 0.1) is 12.7 Å². The zero-order chi connectivity index (χ0) is 13.1. The van der Waals surface area contributed by atoms with Crippen molar-refractivity contribution >= 4 is 5.91 Å². The lowest BCUT2D eigenvalue weighted by Crippen LogP contribution is -2.48. The van der Waals surface area contributed by atoms with Gasteiger partial charge in [0.15, 0.2) is 0 Å². The SMILES string of the molecule is CCC(C)(CO)NC(=O)c1ccc(C)cc1F. The van der Waals surface area contributed by atoms with Gasteiger partial charge in [-0.1, -0.05) is 13.0 Å². The normalized spacial score (nSPS) is 14.2. The van der Waals surface area contributed by atoms with E-state index < -0.39 is 17.3 Å². The van der Waals surface area contributed by atoms with Gasteiger partial charge in [-0.15, -0.1) is 0 Å². The molecule has 0 aliphatic heterocycles. The van der Waals surface area contributed by atoms with Crippen LogP contribution in [0.1, 0.15) is 36.2 Å². The van der Waals surface area contributed by atoms with E-state index in [9.17, 15) is 14.3 Å². The third-order valence-electron chi connectivity index (χ3n) is 2.91. The minimum absolute atomic E-state index is 0.00345. The van der Waals surface area contributed by atoms with Crippen LogP contribution in [0.4, 0.5) is 4.39 Å². The van der Waals surface area contributed by atoms with Crippen LogP contribution in [0.5, 0.6) is 0 Å². The van der Waals surface area contributed by atoms with Crippen LogP contribution in [-0.2, 0) is 0 Å². The predicted molar refractivity (Wildman–Crippen MR) is 64.4 cm³/mol. The summed E-state index contributed by atoms with van der Waals surface area (Å²) in [5, 5.41) is 11.8. The lowest BCUT2D eigenvalue weighted by molar-refractivity contribution is 0.0843. The van der Waals surface area contributed by atoms with Gasteiger partial charge in [-0.05, 0) is 38.0 Å². The zero-order valence-electron chi connectivity index (χ0n) is 10.4. The second-order valence-electron chi connectivity index (χ2n) is 4.51. The monoisotopic (exact) mass is 239 g/mol. The molecular formula is C13H18FNO2. The third-order valence-corrected chi connectivity index (χ3v) is 2.91. The Hall–Kier alpha value is -1.42. The summed E-state index contributed by atoms with van der Waals surface area (Å²) in [6, 6.07) is 4.45. The van der Waals surface area contributed by atoms with Gasteiger partial charge in [0.05, 0.1) is 17.7 Å². The van der Waals surface area contributed by atoms with E-state index in [1.54, 1.807) is 19.9 Å². The number of hydrogen-bond acceptors (Lipinski definition) is 2. The molecule has 17 heavy (non-hydrogen) atoms. The Kier molecular flexibility index (Phi) is 4.23. The average Bonchev–Trinajstić information content (AvgIpc) is 2.28. The highest BCUT2D eigenvalue weighted by molar-refractivity contribution is 5.95. The maximum Gasteiger partial charge on any atom is 0.254 e. The number of aliphatic hydroxyl groups excluding tert-OH is 1. The van der Waals surface area contributed by atoms with Crippen molar-refractivity contribution in [2.45, 2.75) is 32.7 Å². The lowest BCUT2D eigenvalue weighted by Gasteiger charge is -2.27. The number of aliphatic hydroxyl groups is 1. The number of rotatable bonds is 4. The first kappa shape index (κ1) is 13.6. The highest BCUT2D eigenvalue weighted by Crippen LogP contribution is 2.13. The number of halogens is 1. The van der Waals surface area contributed by atoms with Gasteiger partial charge < -0.3 is 10.4 Å². The molecule has 2 N–H and O–H groups in total. The smallest absolute Gasteiger partial charge is 0.254 e. The molecule has 1 aromatic carbocycles. The van der Waals surface area contributed by atoms with Crippen molar-refractivity contribution in [3.8, 4) is 0 Å². The first-order valence-corrected chi connectivity index (χ1v) is 5.61. The summed E-state index contributed by atoms with van der Waals surface area (Å²) >= 11 is 0. The fourth-order valence-corrected chi connectivity index (χ4v) is 1.39. The van der Waals surface area contributed by atoms with Gasteiger partial charge in [0.2, 0.25) is 0 Å². The molecule has 0 saturated carbocycles. The molecule has 94 valence electrons. The van der Waals surface area contributed by atoms with Crippen molar-refractivity contribution in [3.63, 3.8) is 0 Å². The van der Waals surface area contributed by atoms with Crippen molar-refractivity contribution in [2.75, 3.05) is 6.61 Å². The average molecular weight is 239 g/mol. The molecular weight excluding hydrogens is 221 g/mol. The molecule has 1 amide bonds. The fraction of sp³-hybridized carbons (Fsp3) is 0.462. The Morgan fingerprint density at radius 2 is 2.18 bits per heavy atom. The highest BCUT2D eigenvalue weighted by Gasteiger charge is 2.24. The predicted octanol–water partition coefficient (Wildman–Crippen LogP) is 2.02. The maximum absolute atomic E-state index is 13.6. The van der Waals surface area contributed by atoms with Crippen molar-refractivity contribution in [2.24, 2.45) is 0 Å². The molecule has 0 bridgehead atoms. The summed E-state index contributed by atoms with van der Waals surface area (Å²) in [7, 11) is 0. The Labute approximate surface area is 101 Å². The molecule has 1 unspecified atom stereocenters. The summed E-state index contributed by atoms with van der Waals surface area (Å²) in [5.41, 5.74) is 0.0530. The molecule has 0 saturated heterocycles. The summed E-state index contributed by atoms with van der Waals surface area (Å²) in [6.45, 7) is 5.15. The van der Waals surface area contributed by atoms with E-state index in [1.165, 1.54) is 12.1 Å². The minimum atomic E-state index is -0.714. The van der Waals surface area contributed by atoms with Crippen LogP contribution in [0.25, 0.3) is 0 Å². The van der Waals surface area contributed by atoms with Gasteiger partial charge in [-0.2, -0.15) is 0 Å².